The number of benzene rings is 1. The smallest absolute Gasteiger partial charge is 0.225 e. The van der Waals surface area contributed by atoms with Crippen molar-refractivity contribution in [1.29, 1.82) is 0 Å². The molecule has 3 heterocycles. The number of likely N-dealkylation sites (tertiary alicyclic amines) is 1. The lowest BCUT2D eigenvalue weighted by molar-refractivity contribution is -0.137. The van der Waals surface area contributed by atoms with Crippen LogP contribution in [-0.4, -0.2) is 43.1 Å². The number of carbonyl (C=O) groups is 1. The van der Waals surface area contributed by atoms with Crippen LogP contribution in [0.3, 0.4) is 0 Å². The topological polar surface area (TPSA) is 66.8 Å². The number of nitrogens with one attached hydrogen (secondary N) is 1. The zero-order valence-electron chi connectivity index (χ0n) is 17.1. The molecule has 0 unspecified atom stereocenters. The van der Waals surface area contributed by atoms with Crippen LogP contribution in [0, 0.1) is 11.8 Å². The minimum absolute atomic E-state index is 0.264. The maximum Gasteiger partial charge on any atom is 0.225 e. The van der Waals surface area contributed by atoms with Gasteiger partial charge in [-0.15, -0.1) is 0 Å². The van der Waals surface area contributed by atoms with Crippen molar-refractivity contribution in [2.24, 2.45) is 11.8 Å². The van der Waals surface area contributed by atoms with Crippen molar-refractivity contribution < 1.29 is 4.79 Å². The van der Waals surface area contributed by atoms with E-state index in [1.165, 1.54) is 19.3 Å². The summed E-state index contributed by atoms with van der Waals surface area (Å²) in [5, 5.41) is 6.89. The van der Waals surface area contributed by atoms with Crippen molar-refractivity contribution >= 4 is 16.9 Å². The Hall–Kier alpha value is -2.63. The highest BCUT2D eigenvalue weighted by Gasteiger charge is 2.36. The molecule has 1 aromatic carbocycles. The number of amides is 1. The van der Waals surface area contributed by atoms with E-state index in [1.807, 2.05) is 18.7 Å². The third-order valence-corrected chi connectivity index (χ3v) is 6.81. The van der Waals surface area contributed by atoms with Gasteiger partial charge in [-0.25, -0.2) is 4.98 Å². The molecule has 2 aliphatic rings. The summed E-state index contributed by atoms with van der Waals surface area (Å²) in [7, 11) is 0. The molecule has 29 heavy (non-hydrogen) atoms. The Morgan fingerprint density at radius 1 is 1.21 bits per heavy atom. The number of nitrogens with zero attached hydrogens (tertiary/aromatic N) is 4. The number of H-pyrrole nitrogens is 1. The van der Waals surface area contributed by atoms with E-state index in [-0.39, 0.29) is 5.92 Å². The van der Waals surface area contributed by atoms with Gasteiger partial charge in [0.05, 0.1) is 23.6 Å². The SMILES string of the molecule is C[C@H]1C[C@H](Cn2cnc3cc(-c4cn[nH]c4)ccc32)CN1C(=O)C1CCCCC1. The summed E-state index contributed by atoms with van der Waals surface area (Å²) in [4.78, 5) is 19.8. The first-order valence-electron chi connectivity index (χ1n) is 10.9. The third kappa shape index (κ3) is 3.56. The normalized spacial score (nSPS) is 23.1. The Bertz CT molecular complexity index is 986. The van der Waals surface area contributed by atoms with Crippen LogP contribution < -0.4 is 0 Å². The van der Waals surface area contributed by atoms with Gasteiger partial charge in [0.1, 0.15) is 0 Å². The summed E-state index contributed by atoms with van der Waals surface area (Å²) in [6.07, 6.45) is 12.6. The van der Waals surface area contributed by atoms with Crippen molar-refractivity contribution in [2.45, 2.75) is 58.0 Å². The fourth-order valence-corrected chi connectivity index (χ4v) is 5.24. The van der Waals surface area contributed by atoms with E-state index in [0.29, 0.717) is 17.9 Å². The number of aromatic nitrogens is 4. The number of aromatic amines is 1. The summed E-state index contributed by atoms with van der Waals surface area (Å²) in [6, 6.07) is 6.74. The maximum absolute atomic E-state index is 13.0. The Morgan fingerprint density at radius 3 is 2.86 bits per heavy atom. The lowest BCUT2D eigenvalue weighted by atomic mass is 9.88. The summed E-state index contributed by atoms with van der Waals surface area (Å²) >= 11 is 0. The summed E-state index contributed by atoms with van der Waals surface area (Å²) in [5.74, 6) is 1.16. The zero-order valence-corrected chi connectivity index (χ0v) is 17.1. The van der Waals surface area contributed by atoms with Gasteiger partial charge in [0, 0.05) is 36.8 Å². The first-order valence-corrected chi connectivity index (χ1v) is 10.9. The van der Waals surface area contributed by atoms with E-state index in [2.05, 4.69) is 49.8 Å². The highest BCUT2D eigenvalue weighted by atomic mass is 16.2. The monoisotopic (exact) mass is 391 g/mol. The molecule has 6 heteroatoms. The van der Waals surface area contributed by atoms with E-state index >= 15 is 0 Å². The lowest BCUT2D eigenvalue weighted by Crippen LogP contribution is -2.39. The second-order valence-corrected chi connectivity index (χ2v) is 8.86. The van der Waals surface area contributed by atoms with Crippen molar-refractivity contribution in [1.82, 2.24) is 24.6 Å². The molecule has 2 atom stereocenters. The minimum Gasteiger partial charge on any atom is -0.339 e. The van der Waals surface area contributed by atoms with Gasteiger partial charge in [-0.1, -0.05) is 25.3 Å². The molecular weight excluding hydrogens is 362 g/mol. The molecule has 1 aliphatic carbocycles. The number of imidazole rings is 1. The number of hydrogen-bond donors (Lipinski definition) is 1. The Morgan fingerprint density at radius 2 is 2.07 bits per heavy atom. The molecule has 0 radical (unpaired) electrons. The fourth-order valence-electron chi connectivity index (χ4n) is 5.24. The molecule has 3 aromatic rings. The molecule has 5 rings (SSSR count). The molecule has 2 fully saturated rings. The maximum atomic E-state index is 13.0. The van der Waals surface area contributed by atoms with Gasteiger partial charge in [-0.2, -0.15) is 5.10 Å². The van der Waals surface area contributed by atoms with Gasteiger partial charge in [-0.3, -0.25) is 9.89 Å². The average molecular weight is 392 g/mol. The number of rotatable bonds is 4. The molecular formula is C23H29N5O. The molecule has 0 bridgehead atoms. The van der Waals surface area contributed by atoms with Gasteiger partial charge < -0.3 is 9.47 Å². The Balaban J connectivity index is 1.29. The first kappa shape index (κ1) is 18.4. The van der Waals surface area contributed by atoms with Crippen LogP contribution in [0.4, 0.5) is 0 Å². The van der Waals surface area contributed by atoms with E-state index in [9.17, 15) is 4.79 Å². The van der Waals surface area contributed by atoms with Gasteiger partial charge in [0.15, 0.2) is 0 Å². The molecule has 6 nitrogen and oxygen atoms in total. The van der Waals surface area contributed by atoms with Crippen LogP contribution in [0.1, 0.15) is 45.4 Å². The molecule has 152 valence electrons. The zero-order chi connectivity index (χ0) is 19.8. The van der Waals surface area contributed by atoms with Crippen molar-refractivity contribution in [3.05, 3.63) is 36.9 Å². The predicted octanol–water partition coefficient (Wildman–Crippen LogP) is 4.24. The fraction of sp³-hybridized carbons (Fsp3) is 0.522. The Labute approximate surface area is 171 Å². The van der Waals surface area contributed by atoms with E-state index in [1.54, 1.807) is 0 Å². The number of hydrogen-bond acceptors (Lipinski definition) is 3. The molecule has 1 saturated heterocycles. The molecule has 1 N–H and O–H groups in total. The van der Waals surface area contributed by atoms with Crippen LogP contribution in [0.2, 0.25) is 0 Å². The van der Waals surface area contributed by atoms with Crippen LogP contribution >= 0.6 is 0 Å². The van der Waals surface area contributed by atoms with E-state index in [4.69, 9.17) is 0 Å². The third-order valence-electron chi connectivity index (χ3n) is 6.81. The predicted molar refractivity (Wildman–Crippen MR) is 113 cm³/mol. The second-order valence-electron chi connectivity index (χ2n) is 8.86. The van der Waals surface area contributed by atoms with Crippen LogP contribution in [0.15, 0.2) is 36.9 Å². The summed E-state index contributed by atoms with van der Waals surface area (Å²) in [5.41, 5.74) is 4.35. The van der Waals surface area contributed by atoms with Gasteiger partial charge in [-0.05, 0) is 49.8 Å². The van der Waals surface area contributed by atoms with Gasteiger partial charge in [0.25, 0.3) is 0 Å². The Kier molecular flexibility index (Phi) is 4.86. The number of fused-ring (bicyclic) bond motifs is 1. The first-order chi connectivity index (χ1) is 14.2. The summed E-state index contributed by atoms with van der Waals surface area (Å²) in [6.45, 7) is 4.01. The molecule has 0 spiro atoms. The summed E-state index contributed by atoms with van der Waals surface area (Å²) < 4.78 is 2.25. The minimum atomic E-state index is 0.264. The van der Waals surface area contributed by atoms with E-state index in [0.717, 1.165) is 54.5 Å². The quantitative estimate of drug-likeness (QED) is 0.723. The van der Waals surface area contributed by atoms with Crippen molar-refractivity contribution in [2.75, 3.05) is 6.54 Å². The lowest BCUT2D eigenvalue weighted by Gasteiger charge is -2.29. The van der Waals surface area contributed by atoms with Gasteiger partial charge >= 0.3 is 0 Å². The largest absolute Gasteiger partial charge is 0.339 e. The molecule has 1 amide bonds. The highest BCUT2D eigenvalue weighted by Crippen LogP contribution is 2.32. The average Bonchev–Trinajstić information content (AvgIpc) is 3.49. The van der Waals surface area contributed by atoms with E-state index < -0.39 is 0 Å². The van der Waals surface area contributed by atoms with Crippen LogP contribution in [-0.2, 0) is 11.3 Å². The molecule has 1 saturated carbocycles. The van der Waals surface area contributed by atoms with Crippen molar-refractivity contribution in [3.63, 3.8) is 0 Å². The second kappa shape index (κ2) is 7.65. The standard InChI is InChI=1S/C23H29N5O/c1-16-9-17(14-28(16)23(29)18-5-3-2-4-6-18)13-27-15-24-21-10-19(7-8-22(21)27)20-11-25-26-12-20/h7-8,10-12,15-18H,2-6,9,13-14H2,1H3,(H,25,26)/t16-,17+/m0/s1. The van der Waals surface area contributed by atoms with Crippen molar-refractivity contribution in [3.8, 4) is 11.1 Å². The van der Waals surface area contributed by atoms with Gasteiger partial charge in [0.2, 0.25) is 5.91 Å². The number of carbonyl (C=O) groups excluding carboxylic acids is 1. The van der Waals surface area contributed by atoms with Crippen LogP contribution in [0.25, 0.3) is 22.2 Å². The van der Waals surface area contributed by atoms with Crippen LogP contribution in [0.5, 0.6) is 0 Å². The molecule has 1 aliphatic heterocycles. The highest BCUT2D eigenvalue weighted by molar-refractivity contribution is 5.82. The molecule has 2 aromatic heterocycles.